The van der Waals surface area contributed by atoms with Crippen molar-refractivity contribution in [3.05, 3.63) is 40.5 Å². The van der Waals surface area contributed by atoms with Crippen LogP contribution < -0.4 is 10.6 Å². The van der Waals surface area contributed by atoms with E-state index in [1.54, 1.807) is 38.2 Å². The molecule has 0 spiro atoms. The molecule has 6 nitrogen and oxygen atoms in total. The van der Waals surface area contributed by atoms with Gasteiger partial charge in [-0.1, -0.05) is 17.7 Å². The van der Waals surface area contributed by atoms with Crippen molar-refractivity contribution in [1.82, 2.24) is 9.78 Å². The summed E-state index contributed by atoms with van der Waals surface area (Å²) in [6, 6.07) is 6.68. The van der Waals surface area contributed by atoms with E-state index in [0.29, 0.717) is 27.8 Å². The number of imide groups is 1. The van der Waals surface area contributed by atoms with Gasteiger partial charge < -0.3 is 5.73 Å². The van der Waals surface area contributed by atoms with Crippen molar-refractivity contribution in [3.63, 3.8) is 0 Å². The number of aryl methyl sites for hydroxylation is 2. The summed E-state index contributed by atoms with van der Waals surface area (Å²) in [6.07, 6.45) is 0.0854. The van der Waals surface area contributed by atoms with Crippen LogP contribution in [-0.2, 0) is 16.6 Å². The minimum Gasteiger partial charge on any atom is -0.384 e. The minimum atomic E-state index is -0.597. The lowest BCUT2D eigenvalue weighted by Gasteiger charge is -2.15. The number of nitrogen functional groups attached to an aromatic ring is 1. The van der Waals surface area contributed by atoms with Crippen LogP contribution in [-0.4, -0.2) is 21.6 Å². The summed E-state index contributed by atoms with van der Waals surface area (Å²) < 4.78 is 1.52. The summed E-state index contributed by atoms with van der Waals surface area (Å²) in [5.74, 6) is -0.744. The third-order valence-electron chi connectivity index (χ3n) is 3.88. The molecule has 0 unspecified atom stereocenters. The molecule has 0 saturated carbocycles. The van der Waals surface area contributed by atoms with Gasteiger partial charge in [0.25, 0.3) is 0 Å². The van der Waals surface area contributed by atoms with Crippen LogP contribution in [0.15, 0.2) is 24.3 Å². The number of carbonyl (C=O) groups is 2. The molecule has 1 saturated heterocycles. The fourth-order valence-corrected chi connectivity index (χ4v) is 3.05. The lowest BCUT2D eigenvalue weighted by atomic mass is 9.97. The molecule has 1 aromatic heterocycles. The van der Waals surface area contributed by atoms with Crippen molar-refractivity contribution >= 4 is 34.9 Å². The van der Waals surface area contributed by atoms with Crippen LogP contribution in [0.2, 0.25) is 5.02 Å². The molecule has 1 aromatic carbocycles. The second-order valence-corrected chi connectivity index (χ2v) is 5.75. The van der Waals surface area contributed by atoms with Crippen LogP contribution in [0.25, 0.3) is 0 Å². The van der Waals surface area contributed by atoms with Crippen molar-refractivity contribution in [2.45, 2.75) is 19.3 Å². The predicted molar refractivity (Wildman–Crippen MR) is 83.7 cm³/mol. The molecule has 7 heteroatoms. The van der Waals surface area contributed by atoms with Gasteiger partial charge in [0.05, 0.1) is 17.3 Å². The topological polar surface area (TPSA) is 81.2 Å². The highest BCUT2D eigenvalue weighted by Crippen LogP contribution is 2.37. The first-order valence-corrected chi connectivity index (χ1v) is 7.19. The van der Waals surface area contributed by atoms with Crippen LogP contribution in [0, 0.1) is 6.92 Å². The Morgan fingerprint density at radius 1 is 1.36 bits per heavy atom. The van der Waals surface area contributed by atoms with E-state index in [0.717, 1.165) is 0 Å². The largest absolute Gasteiger partial charge is 0.384 e. The number of benzene rings is 1. The summed E-state index contributed by atoms with van der Waals surface area (Å²) in [6.45, 7) is 1.78. The van der Waals surface area contributed by atoms with Gasteiger partial charge in [-0.05, 0) is 25.1 Å². The number of rotatable bonds is 2. The summed E-state index contributed by atoms with van der Waals surface area (Å²) in [4.78, 5) is 26.2. The van der Waals surface area contributed by atoms with Crippen LogP contribution in [0.5, 0.6) is 0 Å². The van der Waals surface area contributed by atoms with E-state index in [4.69, 9.17) is 17.3 Å². The molecule has 1 aliphatic rings. The quantitative estimate of drug-likeness (QED) is 0.859. The normalized spacial score (nSPS) is 18.3. The zero-order valence-corrected chi connectivity index (χ0v) is 13.0. The van der Waals surface area contributed by atoms with Crippen LogP contribution in [0.4, 0.5) is 11.5 Å². The van der Waals surface area contributed by atoms with E-state index in [9.17, 15) is 9.59 Å². The van der Waals surface area contributed by atoms with Gasteiger partial charge in [0.15, 0.2) is 0 Å². The molecule has 1 aliphatic heterocycles. The molecule has 0 aliphatic carbocycles. The Bertz CT molecular complexity index is 784. The minimum absolute atomic E-state index is 0.0854. The Morgan fingerprint density at radius 2 is 2.09 bits per heavy atom. The van der Waals surface area contributed by atoms with Crippen LogP contribution in [0.1, 0.15) is 23.6 Å². The molecule has 2 N–H and O–H groups in total. The lowest BCUT2D eigenvalue weighted by molar-refractivity contribution is -0.121. The van der Waals surface area contributed by atoms with Crippen LogP contribution in [0.3, 0.4) is 0 Å². The maximum absolute atomic E-state index is 12.7. The first-order valence-electron chi connectivity index (χ1n) is 6.81. The first-order chi connectivity index (χ1) is 10.4. The molecule has 2 amide bonds. The van der Waals surface area contributed by atoms with Crippen molar-refractivity contribution in [3.8, 4) is 0 Å². The molecule has 2 aromatic rings. The Kier molecular flexibility index (Phi) is 3.41. The van der Waals surface area contributed by atoms with Gasteiger partial charge >= 0.3 is 0 Å². The molecule has 3 rings (SSSR count). The number of hydrogen-bond acceptors (Lipinski definition) is 4. The number of aromatic nitrogens is 2. The molecule has 114 valence electrons. The Hall–Kier alpha value is -2.34. The maximum atomic E-state index is 12.7. The number of hydrogen-bond donors (Lipinski definition) is 1. The zero-order chi connectivity index (χ0) is 16.0. The molecule has 1 atom stereocenters. The third kappa shape index (κ3) is 2.16. The van der Waals surface area contributed by atoms with E-state index >= 15 is 0 Å². The smallest absolute Gasteiger partial charge is 0.242 e. The maximum Gasteiger partial charge on any atom is 0.242 e. The molecule has 0 bridgehead atoms. The third-order valence-corrected chi connectivity index (χ3v) is 4.11. The van der Waals surface area contributed by atoms with Gasteiger partial charge in [0.2, 0.25) is 11.8 Å². The Morgan fingerprint density at radius 3 is 2.68 bits per heavy atom. The SMILES string of the molecule is Cc1nn(C)c(N)c1[C@H]1CC(=O)N(c2cccc(Cl)c2)C1=O. The number of amides is 2. The average molecular weight is 319 g/mol. The Labute approximate surface area is 132 Å². The molecule has 2 heterocycles. The van der Waals surface area contributed by atoms with Crippen LogP contribution >= 0.6 is 11.6 Å². The number of anilines is 2. The van der Waals surface area contributed by atoms with Gasteiger partial charge in [-0.15, -0.1) is 0 Å². The summed E-state index contributed by atoms with van der Waals surface area (Å²) >= 11 is 5.94. The van der Waals surface area contributed by atoms with Gasteiger partial charge in [-0.3, -0.25) is 14.3 Å². The molecule has 22 heavy (non-hydrogen) atoms. The van der Waals surface area contributed by atoms with E-state index in [2.05, 4.69) is 5.10 Å². The fourth-order valence-electron chi connectivity index (χ4n) is 2.87. The van der Waals surface area contributed by atoms with Crippen molar-refractivity contribution < 1.29 is 9.59 Å². The summed E-state index contributed by atoms with van der Waals surface area (Å²) in [5, 5.41) is 4.69. The second-order valence-electron chi connectivity index (χ2n) is 5.31. The van der Waals surface area contributed by atoms with E-state index in [1.807, 2.05) is 0 Å². The fraction of sp³-hybridized carbons (Fsp3) is 0.267. The zero-order valence-electron chi connectivity index (χ0n) is 12.2. The summed E-state index contributed by atoms with van der Waals surface area (Å²) in [7, 11) is 1.71. The molecule has 0 radical (unpaired) electrons. The standard InChI is InChI=1S/C15H15ClN4O2/c1-8-13(14(17)19(2)18-8)11-7-12(21)20(15(11)22)10-5-3-4-9(16)6-10/h3-6,11H,7,17H2,1-2H3/t11-/m1/s1. The van der Waals surface area contributed by atoms with Crippen molar-refractivity contribution in [1.29, 1.82) is 0 Å². The molecule has 1 fully saturated rings. The molecular weight excluding hydrogens is 304 g/mol. The van der Waals surface area contributed by atoms with E-state index < -0.39 is 5.92 Å². The van der Waals surface area contributed by atoms with Gasteiger partial charge in [0.1, 0.15) is 5.82 Å². The number of nitrogens with zero attached hydrogens (tertiary/aromatic N) is 3. The first kappa shape index (κ1) is 14.6. The highest BCUT2D eigenvalue weighted by atomic mass is 35.5. The second kappa shape index (κ2) is 5.14. The van der Waals surface area contributed by atoms with Gasteiger partial charge in [-0.2, -0.15) is 5.10 Å². The highest BCUT2D eigenvalue weighted by molar-refractivity contribution is 6.31. The van der Waals surface area contributed by atoms with Gasteiger partial charge in [0, 0.05) is 24.1 Å². The monoisotopic (exact) mass is 318 g/mol. The lowest BCUT2D eigenvalue weighted by Crippen LogP contribution is -2.30. The van der Waals surface area contributed by atoms with E-state index in [1.165, 1.54) is 9.58 Å². The number of carbonyl (C=O) groups excluding carboxylic acids is 2. The van der Waals surface area contributed by atoms with Crippen molar-refractivity contribution in [2.24, 2.45) is 7.05 Å². The molecular formula is C15H15ClN4O2. The van der Waals surface area contributed by atoms with Gasteiger partial charge in [-0.25, -0.2) is 4.90 Å². The summed E-state index contributed by atoms with van der Waals surface area (Å²) in [5.41, 5.74) is 7.77. The number of halogens is 1. The predicted octanol–water partition coefficient (Wildman–Crippen LogP) is 2.01. The number of nitrogens with two attached hydrogens (primary N) is 1. The van der Waals surface area contributed by atoms with E-state index in [-0.39, 0.29) is 18.2 Å². The Balaban J connectivity index is 2.02. The average Bonchev–Trinajstić information content (AvgIpc) is 2.86. The highest BCUT2D eigenvalue weighted by Gasteiger charge is 2.42. The van der Waals surface area contributed by atoms with Crippen molar-refractivity contribution in [2.75, 3.05) is 10.6 Å².